The molecule has 20 heavy (non-hydrogen) atoms. The van der Waals surface area contributed by atoms with Gasteiger partial charge in [-0.05, 0) is 32.3 Å². The number of aliphatic hydroxyl groups is 1. The fraction of sp³-hybridized carbons (Fsp3) is 0.438. The summed E-state index contributed by atoms with van der Waals surface area (Å²) in [4.78, 5) is 0. The first-order valence-electron chi connectivity index (χ1n) is 7.03. The highest BCUT2D eigenvalue weighted by molar-refractivity contribution is 5.22. The van der Waals surface area contributed by atoms with Crippen molar-refractivity contribution < 1.29 is 9.63 Å². The van der Waals surface area contributed by atoms with E-state index in [2.05, 4.69) is 22.6 Å². The van der Waals surface area contributed by atoms with Gasteiger partial charge in [0.15, 0.2) is 0 Å². The second-order valence-electron chi connectivity index (χ2n) is 5.01. The predicted molar refractivity (Wildman–Crippen MR) is 78.3 cm³/mol. The molecule has 2 rings (SSSR count). The highest BCUT2D eigenvalue weighted by Crippen LogP contribution is 2.20. The summed E-state index contributed by atoms with van der Waals surface area (Å²) in [6.45, 7) is 4.84. The molecule has 1 unspecified atom stereocenters. The Morgan fingerprint density at radius 1 is 1.25 bits per heavy atom. The molecule has 1 heterocycles. The SMILES string of the molecule is Cc1noc(C)c1CNC(CCCO)c1ccccc1. The predicted octanol–water partition coefficient (Wildman–Crippen LogP) is 2.89. The number of hydrogen-bond acceptors (Lipinski definition) is 4. The summed E-state index contributed by atoms with van der Waals surface area (Å²) >= 11 is 0. The highest BCUT2D eigenvalue weighted by Gasteiger charge is 2.14. The van der Waals surface area contributed by atoms with Crippen molar-refractivity contribution in [1.29, 1.82) is 0 Å². The molecule has 0 amide bonds. The number of hydrogen-bond donors (Lipinski definition) is 2. The highest BCUT2D eigenvalue weighted by atomic mass is 16.5. The Bertz CT molecular complexity index is 503. The molecule has 0 aliphatic carbocycles. The van der Waals surface area contributed by atoms with Crippen LogP contribution in [0.25, 0.3) is 0 Å². The van der Waals surface area contributed by atoms with Crippen LogP contribution in [0.1, 0.15) is 41.5 Å². The van der Waals surface area contributed by atoms with Crippen LogP contribution in [0.3, 0.4) is 0 Å². The fourth-order valence-corrected chi connectivity index (χ4v) is 2.35. The molecule has 1 atom stereocenters. The van der Waals surface area contributed by atoms with E-state index in [0.717, 1.165) is 36.4 Å². The number of rotatable bonds is 7. The average molecular weight is 274 g/mol. The van der Waals surface area contributed by atoms with Crippen molar-refractivity contribution in [2.24, 2.45) is 0 Å². The summed E-state index contributed by atoms with van der Waals surface area (Å²) in [6, 6.07) is 10.6. The molecule has 0 saturated heterocycles. The van der Waals surface area contributed by atoms with Crippen molar-refractivity contribution in [3.05, 3.63) is 52.9 Å². The number of benzene rings is 1. The molecule has 1 aromatic carbocycles. The van der Waals surface area contributed by atoms with Crippen molar-refractivity contribution in [2.75, 3.05) is 6.61 Å². The molecule has 0 aliphatic heterocycles. The van der Waals surface area contributed by atoms with Gasteiger partial charge in [0.25, 0.3) is 0 Å². The van der Waals surface area contributed by atoms with E-state index in [1.165, 1.54) is 5.56 Å². The minimum Gasteiger partial charge on any atom is -0.396 e. The van der Waals surface area contributed by atoms with Crippen LogP contribution in [-0.4, -0.2) is 16.9 Å². The Kier molecular flexibility index (Phi) is 5.32. The van der Waals surface area contributed by atoms with E-state index in [4.69, 9.17) is 9.63 Å². The van der Waals surface area contributed by atoms with Gasteiger partial charge < -0.3 is 14.9 Å². The van der Waals surface area contributed by atoms with Crippen LogP contribution in [0, 0.1) is 13.8 Å². The third-order valence-corrected chi connectivity index (χ3v) is 3.56. The molecule has 2 N–H and O–H groups in total. The first-order valence-corrected chi connectivity index (χ1v) is 7.03. The molecule has 4 heteroatoms. The van der Waals surface area contributed by atoms with Crippen molar-refractivity contribution in [3.8, 4) is 0 Å². The fourth-order valence-electron chi connectivity index (χ4n) is 2.35. The van der Waals surface area contributed by atoms with E-state index in [-0.39, 0.29) is 12.6 Å². The minimum absolute atomic E-state index is 0.219. The second-order valence-corrected chi connectivity index (χ2v) is 5.01. The lowest BCUT2D eigenvalue weighted by atomic mass is 10.0. The minimum atomic E-state index is 0.219. The smallest absolute Gasteiger partial charge is 0.138 e. The van der Waals surface area contributed by atoms with Gasteiger partial charge >= 0.3 is 0 Å². The molecule has 108 valence electrons. The van der Waals surface area contributed by atoms with Crippen LogP contribution in [0.2, 0.25) is 0 Å². The van der Waals surface area contributed by atoms with Gasteiger partial charge in [-0.1, -0.05) is 35.5 Å². The van der Waals surface area contributed by atoms with E-state index >= 15 is 0 Å². The Balaban J connectivity index is 2.05. The Morgan fingerprint density at radius 3 is 2.60 bits per heavy atom. The van der Waals surface area contributed by atoms with Gasteiger partial charge in [0.2, 0.25) is 0 Å². The number of aromatic nitrogens is 1. The van der Waals surface area contributed by atoms with E-state index in [1.54, 1.807) is 0 Å². The second kappa shape index (κ2) is 7.22. The van der Waals surface area contributed by atoms with Crippen LogP contribution in [0.15, 0.2) is 34.9 Å². The zero-order valence-corrected chi connectivity index (χ0v) is 12.1. The van der Waals surface area contributed by atoms with E-state index in [1.807, 2.05) is 32.0 Å². The van der Waals surface area contributed by atoms with Gasteiger partial charge in [-0.25, -0.2) is 0 Å². The maximum Gasteiger partial charge on any atom is 0.138 e. The van der Waals surface area contributed by atoms with E-state index in [0.29, 0.717) is 0 Å². The summed E-state index contributed by atoms with van der Waals surface area (Å²) in [5, 5.41) is 16.6. The quantitative estimate of drug-likeness (QED) is 0.815. The van der Waals surface area contributed by atoms with Crippen LogP contribution in [-0.2, 0) is 6.54 Å². The number of nitrogens with zero attached hydrogens (tertiary/aromatic N) is 1. The summed E-state index contributed by atoms with van der Waals surface area (Å²) in [7, 11) is 0. The summed E-state index contributed by atoms with van der Waals surface area (Å²) < 4.78 is 5.18. The van der Waals surface area contributed by atoms with Crippen LogP contribution < -0.4 is 5.32 Å². The lowest BCUT2D eigenvalue weighted by Crippen LogP contribution is -2.21. The zero-order valence-electron chi connectivity index (χ0n) is 12.1. The van der Waals surface area contributed by atoms with Gasteiger partial charge in [0, 0.05) is 24.8 Å². The van der Waals surface area contributed by atoms with Crippen molar-refractivity contribution in [1.82, 2.24) is 10.5 Å². The molecule has 0 fully saturated rings. The van der Waals surface area contributed by atoms with Crippen molar-refractivity contribution >= 4 is 0 Å². The number of aliphatic hydroxyl groups excluding tert-OH is 1. The average Bonchev–Trinajstić information content (AvgIpc) is 2.79. The van der Waals surface area contributed by atoms with Crippen molar-refractivity contribution in [2.45, 2.75) is 39.3 Å². The Labute approximate surface area is 119 Å². The molecule has 0 aliphatic rings. The molecule has 0 spiro atoms. The van der Waals surface area contributed by atoms with Gasteiger partial charge in [-0.2, -0.15) is 0 Å². The monoisotopic (exact) mass is 274 g/mol. The van der Waals surface area contributed by atoms with E-state index < -0.39 is 0 Å². The molecule has 0 saturated carbocycles. The van der Waals surface area contributed by atoms with E-state index in [9.17, 15) is 0 Å². The molecule has 4 nitrogen and oxygen atoms in total. The first-order chi connectivity index (χ1) is 9.72. The largest absolute Gasteiger partial charge is 0.396 e. The normalized spacial score (nSPS) is 12.6. The number of aryl methyl sites for hydroxylation is 2. The van der Waals surface area contributed by atoms with Gasteiger partial charge in [-0.3, -0.25) is 0 Å². The van der Waals surface area contributed by atoms with Crippen LogP contribution >= 0.6 is 0 Å². The molecule has 0 bridgehead atoms. The number of nitrogens with one attached hydrogen (secondary N) is 1. The summed E-state index contributed by atoms with van der Waals surface area (Å²) in [5.74, 6) is 0.865. The Hall–Kier alpha value is -1.65. The van der Waals surface area contributed by atoms with Gasteiger partial charge in [0.1, 0.15) is 5.76 Å². The van der Waals surface area contributed by atoms with Gasteiger partial charge in [0.05, 0.1) is 5.69 Å². The van der Waals surface area contributed by atoms with Crippen LogP contribution in [0.5, 0.6) is 0 Å². The van der Waals surface area contributed by atoms with Gasteiger partial charge in [-0.15, -0.1) is 0 Å². The lowest BCUT2D eigenvalue weighted by molar-refractivity contribution is 0.274. The molecular weight excluding hydrogens is 252 g/mol. The lowest BCUT2D eigenvalue weighted by Gasteiger charge is -2.19. The third-order valence-electron chi connectivity index (χ3n) is 3.56. The maximum absolute atomic E-state index is 9.05. The topological polar surface area (TPSA) is 58.3 Å². The van der Waals surface area contributed by atoms with Crippen LogP contribution in [0.4, 0.5) is 0 Å². The Morgan fingerprint density at radius 2 is 2.00 bits per heavy atom. The third kappa shape index (κ3) is 3.68. The standard InChI is InChI=1S/C16H22N2O2/c1-12-15(13(2)20-18-12)11-17-16(9-6-10-19)14-7-4-3-5-8-14/h3-5,7-8,16-17,19H,6,9-11H2,1-2H3. The summed E-state index contributed by atoms with van der Waals surface area (Å²) in [5.41, 5.74) is 3.30. The molecule has 1 aromatic heterocycles. The summed E-state index contributed by atoms with van der Waals surface area (Å²) in [6.07, 6.45) is 1.69. The zero-order chi connectivity index (χ0) is 14.4. The van der Waals surface area contributed by atoms with Crippen molar-refractivity contribution in [3.63, 3.8) is 0 Å². The maximum atomic E-state index is 9.05. The molecule has 2 aromatic rings. The molecular formula is C16H22N2O2. The first kappa shape index (κ1) is 14.8. The molecule has 0 radical (unpaired) electrons.